The lowest BCUT2D eigenvalue weighted by Crippen LogP contribution is -2.15. The molecule has 0 fully saturated rings. The first kappa shape index (κ1) is 15.2. The van der Waals surface area contributed by atoms with Gasteiger partial charge in [-0.25, -0.2) is 0 Å². The molecule has 8 heteroatoms. The summed E-state index contributed by atoms with van der Waals surface area (Å²) in [6, 6.07) is 11.1. The van der Waals surface area contributed by atoms with E-state index in [1.165, 1.54) is 18.2 Å². The number of benzene rings is 2. The zero-order chi connectivity index (χ0) is 15.4. The summed E-state index contributed by atoms with van der Waals surface area (Å²) in [6.45, 7) is 0. The molecule has 0 saturated heterocycles. The molecule has 2 aromatic rings. The second kappa shape index (κ2) is 6.50. The lowest BCUT2D eigenvalue weighted by Gasteiger charge is -2.08. The number of nitrogens with zero attached hydrogens (tertiary/aromatic N) is 1. The summed E-state index contributed by atoms with van der Waals surface area (Å²) < 4.78 is 1.02. The van der Waals surface area contributed by atoms with E-state index in [2.05, 4.69) is 33.3 Å². The molecule has 0 saturated carbocycles. The van der Waals surface area contributed by atoms with Gasteiger partial charge in [0.25, 0.3) is 11.6 Å². The molecule has 0 bridgehead atoms. The van der Waals surface area contributed by atoms with E-state index in [1.54, 1.807) is 12.1 Å². The van der Waals surface area contributed by atoms with Crippen LogP contribution in [0.3, 0.4) is 0 Å². The Balaban J connectivity index is 2.33. The molecule has 0 aromatic heterocycles. The Morgan fingerprint density at radius 3 is 2.33 bits per heavy atom. The monoisotopic (exact) mass is 398 g/mol. The zero-order valence-corrected chi connectivity index (χ0v) is 12.8. The lowest BCUT2D eigenvalue weighted by atomic mass is 10.1. The standard InChI is InChI=1S/C13H11IN4O3/c14-8-1-3-9(4-2-8)16-13(19)11-7-10(17-15)5-6-12(11)18(20)21/h1-7,17H,15H2,(H,16,19). The number of amides is 1. The Morgan fingerprint density at radius 2 is 1.76 bits per heavy atom. The minimum atomic E-state index is -0.608. The summed E-state index contributed by atoms with van der Waals surface area (Å²) >= 11 is 2.14. The zero-order valence-electron chi connectivity index (χ0n) is 10.7. The quantitative estimate of drug-likeness (QED) is 0.318. The summed E-state index contributed by atoms with van der Waals surface area (Å²) in [5.41, 5.74) is 2.98. The maximum absolute atomic E-state index is 12.2. The molecule has 0 spiro atoms. The van der Waals surface area contributed by atoms with Crippen molar-refractivity contribution in [2.45, 2.75) is 0 Å². The first-order valence-corrected chi connectivity index (χ1v) is 6.91. The number of anilines is 2. The van der Waals surface area contributed by atoms with Crippen molar-refractivity contribution in [2.24, 2.45) is 5.84 Å². The van der Waals surface area contributed by atoms with E-state index in [9.17, 15) is 14.9 Å². The molecule has 108 valence electrons. The summed E-state index contributed by atoms with van der Waals surface area (Å²) in [7, 11) is 0. The number of nitro benzene ring substituents is 1. The lowest BCUT2D eigenvalue weighted by molar-refractivity contribution is -0.385. The van der Waals surface area contributed by atoms with Gasteiger partial charge in [-0.05, 0) is 59.0 Å². The third kappa shape index (κ3) is 3.67. The number of hydrazine groups is 1. The SMILES string of the molecule is NNc1ccc([N+](=O)[O-])c(C(=O)Nc2ccc(I)cc2)c1. The van der Waals surface area contributed by atoms with E-state index in [1.807, 2.05) is 12.1 Å². The number of nitro groups is 1. The topological polar surface area (TPSA) is 110 Å². The molecular formula is C13H11IN4O3. The van der Waals surface area contributed by atoms with Gasteiger partial charge in [0.15, 0.2) is 0 Å². The first-order valence-electron chi connectivity index (χ1n) is 5.83. The van der Waals surface area contributed by atoms with Crippen molar-refractivity contribution in [1.29, 1.82) is 0 Å². The number of nitrogen functional groups attached to an aromatic ring is 1. The second-order valence-electron chi connectivity index (χ2n) is 4.09. The number of hydrogen-bond acceptors (Lipinski definition) is 5. The first-order chi connectivity index (χ1) is 10.0. The fourth-order valence-corrected chi connectivity index (χ4v) is 2.06. The van der Waals surface area contributed by atoms with E-state index in [0.29, 0.717) is 11.4 Å². The molecule has 0 aliphatic carbocycles. The Labute approximate surface area is 133 Å². The fraction of sp³-hybridized carbons (Fsp3) is 0. The molecule has 7 nitrogen and oxygen atoms in total. The molecule has 1 amide bonds. The third-order valence-corrected chi connectivity index (χ3v) is 3.43. The number of carbonyl (C=O) groups excluding carboxylic acids is 1. The van der Waals surface area contributed by atoms with E-state index in [0.717, 1.165) is 3.57 Å². The number of hydrogen-bond donors (Lipinski definition) is 3. The van der Waals surface area contributed by atoms with Gasteiger partial charge in [0.2, 0.25) is 0 Å². The highest BCUT2D eigenvalue weighted by atomic mass is 127. The van der Waals surface area contributed by atoms with Crippen molar-refractivity contribution in [3.05, 3.63) is 61.7 Å². The number of nitrogens with two attached hydrogens (primary N) is 1. The van der Waals surface area contributed by atoms with Crippen molar-refractivity contribution in [3.63, 3.8) is 0 Å². The minimum Gasteiger partial charge on any atom is -0.324 e. The van der Waals surface area contributed by atoms with Crippen LogP contribution in [0.15, 0.2) is 42.5 Å². The van der Waals surface area contributed by atoms with Gasteiger partial charge < -0.3 is 10.7 Å². The molecule has 2 rings (SSSR count). The maximum atomic E-state index is 12.2. The fourth-order valence-electron chi connectivity index (χ4n) is 1.70. The Bertz CT molecular complexity index is 688. The van der Waals surface area contributed by atoms with Crippen molar-refractivity contribution < 1.29 is 9.72 Å². The minimum absolute atomic E-state index is 0.0611. The van der Waals surface area contributed by atoms with Gasteiger partial charge in [-0.1, -0.05) is 0 Å². The summed E-state index contributed by atoms with van der Waals surface area (Å²) in [5.74, 6) is 4.69. The van der Waals surface area contributed by atoms with E-state index in [-0.39, 0.29) is 11.3 Å². The van der Waals surface area contributed by atoms with Crippen LogP contribution < -0.4 is 16.6 Å². The normalized spacial score (nSPS) is 10.0. The van der Waals surface area contributed by atoms with Crippen molar-refractivity contribution in [2.75, 3.05) is 10.7 Å². The van der Waals surface area contributed by atoms with Crippen LogP contribution in [-0.2, 0) is 0 Å². The third-order valence-electron chi connectivity index (χ3n) is 2.71. The number of rotatable bonds is 4. The molecule has 0 heterocycles. The van der Waals surface area contributed by atoms with Crippen LogP contribution in [0.4, 0.5) is 17.1 Å². The van der Waals surface area contributed by atoms with Crippen LogP contribution in [0.1, 0.15) is 10.4 Å². The molecule has 4 N–H and O–H groups in total. The maximum Gasteiger partial charge on any atom is 0.282 e. The van der Waals surface area contributed by atoms with Crippen LogP contribution in [0.2, 0.25) is 0 Å². The smallest absolute Gasteiger partial charge is 0.282 e. The van der Waals surface area contributed by atoms with Crippen molar-refractivity contribution >= 4 is 45.6 Å². The molecule has 21 heavy (non-hydrogen) atoms. The summed E-state index contributed by atoms with van der Waals surface area (Å²) in [4.78, 5) is 22.6. The van der Waals surface area contributed by atoms with Gasteiger partial charge in [0.05, 0.1) is 4.92 Å². The Morgan fingerprint density at radius 1 is 1.14 bits per heavy atom. The highest BCUT2D eigenvalue weighted by Crippen LogP contribution is 2.23. The van der Waals surface area contributed by atoms with Gasteiger partial charge >= 0.3 is 0 Å². The van der Waals surface area contributed by atoms with Gasteiger partial charge in [0.1, 0.15) is 5.56 Å². The second-order valence-corrected chi connectivity index (χ2v) is 5.34. The predicted molar refractivity (Wildman–Crippen MR) is 88.0 cm³/mol. The van der Waals surface area contributed by atoms with Crippen molar-refractivity contribution in [3.8, 4) is 0 Å². The van der Waals surface area contributed by atoms with Crippen LogP contribution in [-0.4, -0.2) is 10.8 Å². The molecule has 2 aromatic carbocycles. The summed E-state index contributed by atoms with van der Waals surface area (Å²) in [5, 5.41) is 13.6. The van der Waals surface area contributed by atoms with E-state index >= 15 is 0 Å². The average molecular weight is 398 g/mol. The molecule has 0 atom stereocenters. The largest absolute Gasteiger partial charge is 0.324 e. The molecular weight excluding hydrogens is 387 g/mol. The highest BCUT2D eigenvalue weighted by Gasteiger charge is 2.20. The van der Waals surface area contributed by atoms with Gasteiger partial charge in [0, 0.05) is 21.0 Å². The number of carbonyl (C=O) groups is 1. The summed E-state index contributed by atoms with van der Waals surface area (Å²) in [6.07, 6.45) is 0. The van der Waals surface area contributed by atoms with Gasteiger partial charge in [-0.2, -0.15) is 0 Å². The molecule has 0 unspecified atom stereocenters. The van der Waals surface area contributed by atoms with Crippen LogP contribution in [0.5, 0.6) is 0 Å². The Kier molecular flexibility index (Phi) is 4.70. The Hall–Kier alpha value is -2.20. The average Bonchev–Trinajstić information content (AvgIpc) is 2.48. The van der Waals surface area contributed by atoms with Crippen LogP contribution in [0, 0.1) is 13.7 Å². The van der Waals surface area contributed by atoms with Gasteiger partial charge in [-0.15, -0.1) is 0 Å². The van der Waals surface area contributed by atoms with Crippen LogP contribution in [0.25, 0.3) is 0 Å². The molecule has 0 radical (unpaired) electrons. The van der Waals surface area contributed by atoms with E-state index in [4.69, 9.17) is 5.84 Å². The van der Waals surface area contributed by atoms with Gasteiger partial charge in [-0.3, -0.25) is 20.8 Å². The highest BCUT2D eigenvalue weighted by molar-refractivity contribution is 14.1. The van der Waals surface area contributed by atoms with Crippen molar-refractivity contribution in [1.82, 2.24) is 0 Å². The predicted octanol–water partition coefficient (Wildman–Crippen LogP) is 2.74. The number of nitrogens with one attached hydrogen (secondary N) is 2. The van der Waals surface area contributed by atoms with Crippen LogP contribution >= 0.6 is 22.6 Å². The molecule has 0 aliphatic heterocycles. The van der Waals surface area contributed by atoms with E-state index < -0.39 is 10.8 Å². The number of halogens is 1. The molecule has 0 aliphatic rings.